The summed E-state index contributed by atoms with van der Waals surface area (Å²) in [6.07, 6.45) is 0. The minimum Gasteiger partial charge on any atom is -0.321 e. The van der Waals surface area contributed by atoms with E-state index in [0.717, 1.165) is 5.01 Å². The summed E-state index contributed by atoms with van der Waals surface area (Å²) in [5.74, 6) is -0.340. The molecule has 19 heavy (non-hydrogen) atoms. The number of carbonyl (C=O) groups excluding carboxylic acids is 1. The van der Waals surface area contributed by atoms with Crippen LogP contribution in [0.15, 0.2) is 34.5 Å². The quantitative estimate of drug-likeness (QED) is 0.892. The number of nitrogens with zero attached hydrogens (tertiary/aromatic N) is 1. The first-order valence-corrected chi connectivity index (χ1v) is 7.65. The molecule has 0 saturated carbocycles. The number of hydrogen-bond acceptors (Lipinski definition) is 5. The predicted molar refractivity (Wildman–Crippen MR) is 72.6 cm³/mol. The number of amides is 1. The molecular weight excluding hydrogens is 286 g/mol. The summed E-state index contributed by atoms with van der Waals surface area (Å²) in [7, 11) is -3.72. The highest BCUT2D eigenvalue weighted by molar-refractivity contribution is 7.89. The zero-order valence-electron chi connectivity index (χ0n) is 9.95. The molecule has 0 fully saturated rings. The van der Waals surface area contributed by atoms with E-state index in [9.17, 15) is 13.2 Å². The lowest BCUT2D eigenvalue weighted by atomic mass is 10.3. The summed E-state index contributed by atoms with van der Waals surface area (Å²) in [4.78, 5) is 15.8. The van der Waals surface area contributed by atoms with Gasteiger partial charge in [-0.15, -0.1) is 11.3 Å². The summed E-state index contributed by atoms with van der Waals surface area (Å²) in [6, 6.07) is 5.60. The van der Waals surface area contributed by atoms with Crippen LogP contribution in [-0.4, -0.2) is 19.3 Å². The average molecular weight is 297 g/mol. The summed E-state index contributed by atoms with van der Waals surface area (Å²) < 4.78 is 22.1. The fourth-order valence-electron chi connectivity index (χ4n) is 1.39. The van der Waals surface area contributed by atoms with E-state index in [1.165, 1.54) is 35.6 Å². The SMILES string of the molecule is Cc1nc(C(=O)Nc2ccc(S(N)(=O)=O)cc2)cs1. The number of aromatic nitrogens is 1. The topological polar surface area (TPSA) is 102 Å². The van der Waals surface area contributed by atoms with E-state index in [1.807, 2.05) is 6.92 Å². The van der Waals surface area contributed by atoms with Crippen molar-refractivity contribution < 1.29 is 13.2 Å². The summed E-state index contributed by atoms with van der Waals surface area (Å²) in [5, 5.41) is 10.1. The molecule has 0 bridgehead atoms. The maximum atomic E-state index is 11.8. The highest BCUT2D eigenvalue weighted by Crippen LogP contribution is 2.14. The van der Waals surface area contributed by atoms with E-state index in [0.29, 0.717) is 11.4 Å². The van der Waals surface area contributed by atoms with Gasteiger partial charge in [0, 0.05) is 11.1 Å². The van der Waals surface area contributed by atoms with Crippen molar-refractivity contribution >= 4 is 33.0 Å². The maximum Gasteiger partial charge on any atom is 0.275 e. The molecule has 100 valence electrons. The van der Waals surface area contributed by atoms with Crippen molar-refractivity contribution in [2.24, 2.45) is 5.14 Å². The van der Waals surface area contributed by atoms with E-state index in [1.54, 1.807) is 5.38 Å². The summed E-state index contributed by atoms with van der Waals surface area (Å²) >= 11 is 1.38. The molecule has 0 unspecified atom stereocenters. The van der Waals surface area contributed by atoms with E-state index in [-0.39, 0.29) is 10.8 Å². The number of hydrogen-bond donors (Lipinski definition) is 2. The number of rotatable bonds is 3. The van der Waals surface area contributed by atoms with Crippen LogP contribution in [0.5, 0.6) is 0 Å². The van der Waals surface area contributed by atoms with Gasteiger partial charge in [-0.05, 0) is 31.2 Å². The number of carbonyl (C=O) groups is 1. The zero-order chi connectivity index (χ0) is 14.0. The number of anilines is 1. The lowest BCUT2D eigenvalue weighted by Crippen LogP contribution is -2.14. The van der Waals surface area contributed by atoms with Gasteiger partial charge in [-0.3, -0.25) is 4.79 Å². The largest absolute Gasteiger partial charge is 0.321 e. The molecule has 1 heterocycles. The maximum absolute atomic E-state index is 11.8. The van der Waals surface area contributed by atoms with Gasteiger partial charge in [-0.2, -0.15) is 0 Å². The van der Waals surface area contributed by atoms with Crippen LogP contribution in [0.2, 0.25) is 0 Å². The van der Waals surface area contributed by atoms with Crippen LogP contribution < -0.4 is 10.5 Å². The number of thiazole rings is 1. The Bertz CT molecular complexity index is 705. The van der Waals surface area contributed by atoms with Crippen LogP contribution in [0.25, 0.3) is 0 Å². The molecule has 2 rings (SSSR count). The first-order chi connectivity index (χ1) is 8.86. The molecule has 8 heteroatoms. The second kappa shape index (κ2) is 5.08. The van der Waals surface area contributed by atoms with Crippen molar-refractivity contribution in [3.63, 3.8) is 0 Å². The van der Waals surface area contributed by atoms with Crippen LogP contribution in [0.1, 0.15) is 15.5 Å². The first kappa shape index (κ1) is 13.7. The Balaban J connectivity index is 2.14. The third kappa shape index (κ3) is 3.37. The van der Waals surface area contributed by atoms with E-state index < -0.39 is 10.0 Å². The minimum absolute atomic E-state index is 0.00463. The summed E-state index contributed by atoms with van der Waals surface area (Å²) in [6.45, 7) is 1.81. The zero-order valence-corrected chi connectivity index (χ0v) is 11.6. The second-order valence-electron chi connectivity index (χ2n) is 3.78. The molecule has 3 N–H and O–H groups in total. The summed E-state index contributed by atoms with van der Waals surface area (Å²) in [5.41, 5.74) is 0.807. The molecular formula is C11H11N3O3S2. The van der Waals surface area contributed by atoms with Crippen molar-refractivity contribution in [2.45, 2.75) is 11.8 Å². The van der Waals surface area contributed by atoms with Gasteiger partial charge >= 0.3 is 0 Å². The Morgan fingerprint density at radius 1 is 1.32 bits per heavy atom. The monoisotopic (exact) mass is 297 g/mol. The molecule has 0 aliphatic carbocycles. The molecule has 6 nitrogen and oxygen atoms in total. The van der Waals surface area contributed by atoms with Crippen LogP contribution in [-0.2, 0) is 10.0 Å². The lowest BCUT2D eigenvalue weighted by molar-refractivity contribution is 0.102. The fraction of sp³-hybridized carbons (Fsp3) is 0.0909. The number of sulfonamides is 1. The van der Waals surface area contributed by atoms with Gasteiger partial charge in [0.25, 0.3) is 5.91 Å². The third-order valence-electron chi connectivity index (χ3n) is 2.29. The van der Waals surface area contributed by atoms with Crippen LogP contribution in [0.3, 0.4) is 0 Å². The van der Waals surface area contributed by atoms with Crippen molar-refractivity contribution in [3.05, 3.63) is 40.3 Å². The number of nitrogens with two attached hydrogens (primary N) is 1. The Labute approximate surface area is 114 Å². The van der Waals surface area contributed by atoms with Crippen LogP contribution in [0, 0.1) is 6.92 Å². The number of primary sulfonamides is 1. The molecule has 1 aromatic heterocycles. The van der Waals surface area contributed by atoms with Crippen molar-refractivity contribution in [3.8, 4) is 0 Å². The van der Waals surface area contributed by atoms with Crippen molar-refractivity contribution in [1.29, 1.82) is 0 Å². The van der Waals surface area contributed by atoms with Gasteiger partial charge < -0.3 is 5.32 Å². The van der Waals surface area contributed by atoms with Gasteiger partial charge in [0.1, 0.15) is 5.69 Å². The minimum atomic E-state index is -3.72. The highest BCUT2D eigenvalue weighted by atomic mass is 32.2. The first-order valence-electron chi connectivity index (χ1n) is 5.22. The van der Waals surface area contributed by atoms with E-state index in [4.69, 9.17) is 5.14 Å². The molecule has 0 saturated heterocycles. The Morgan fingerprint density at radius 3 is 2.42 bits per heavy atom. The second-order valence-corrected chi connectivity index (χ2v) is 6.40. The molecule has 0 radical (unpaired) electrons. The highest BCUT2D eigenvalue weighted by Gasteiger charge is 2.11. The van der Waals surface area contributed by atoms with Gasteiger partial charge in [-0.25, -0.2) is 18.5 Å². The fourth-order valence-corrected chi connectivity index (χ4v) is 2.50. The number of benzene rings is 1. The molecule has 1 aromatic carbocycles. The Kier molecular flexibility index (Phi) is 3.65. The van der Waals surface area contributed by atoms with Gasteiger partial charge in [0.05, 0.1) is 9.90 Å². The third-order valence-corrected chi connectivity index (χ3v) is 4.00. The molecule has 1 amide bonds. The van der Waals surface area contributed by atoms with E-state index >= 15 is 0 Å². The molecule has 0 spiro atoms. The van der Waals surface area contributed by atoms with Crippen molar-refractivity contribution in [1.82, 2.24) is 4.98 Å². The van der Waals surface area contributed by atoms with Crippen LogP contribution in [0.4, 0.5) is 5.69 Å². The molecule has 0 aliphatic heterocycles. The Hall–Kier alpha value is -1.77. The molecule has 0 atom stereocenters. The normalized spacial score (nSPS) is 11.3. The smallest absolute Gasteiger partial charge is 0.275 e. The predicted octanol–water partition coefficient (Wildman–Crippen LogP) is 1.35. The number of aryl methyl sites for hydroxylation is 1. The standard InChI is InChI=1S/C11H11N3O3S2/c1-7-13-10(6-18-7)11(15)14-8-2-4-9(5-3-8)19(12,16)17/h2-6H,1H3,(H,14,15)(H2,12,16,17). The van der Waals surface area contributed by atoms with E-state index in [2.05, 4.69) is 10.3 Å². The van der Waals surface area contributed by atoms with Crippen LogP contribution >= 0.6 is 11.3 Å². The number of nitrogens with one attached hydrogen (secondary N) is 1. The Morgan fingerprint density at radius 2 is 1.95 bits per heavy atom. The molecule has 0 aliphatic rings. The lowest BCUT2D eigenvalue weighted by Gasteiger charge is -2.04. The molecule has 2 aromatic rings. The van der Waals surface area contributed by atoms with Crippen molar-refractivity contribution in [2.75, 3.05) is 5.32 Å². The van der Waals surface area contributed by atoms with Gasteiger partial charge in [-0.1, -0.05) is 0 Å². The van der Waals surface area contributed by atoms with Gasteiger partial charge in [0.15, 0.2) is 0 Å². The average Bonchev–Trinajstić information content (AvgIpc) is 2.75. The van der Waals surface area contributed by atoms with Gasteiger partial charge in [0.2, 0.25) is 10.0 Å².